The van der Waals surface area contributed by atoms with Crippen molar-refractivity contribution >= 4 is 28.8 Å². The highest BCUT2D eigenvalue weighted by molar-refractivity contribution is 5.74. The van der Waals surface area contributed by atoms with E-state index in [9.17, 15) is 0 Å². The van der Waals surface area contributed by atoms with Gasteiger partial charge in [0.2, 0.25) is 5.95 Å². The number of hydrogen-bond acceptors (Lipinski definition) is 7. The lowest BCUT2D eigenvalue weighted by Gasteiger charge is -2.30. The minimum Gasteiger partial charge on any atom is -0.378 e. The van der Waals surface area contributed by atoms with Crippen LogP contribution in [0.25, 0.3) is 0 Å². The first-order valence-corrected chi connectivity index (χ1v) is 9.62. The first kappa shape index (κ1) is 16.9. The predicted octanol–water partition coefficient (Wildman–Crippen LogP) is 3.15. The second kappa shape index (κ2) is 7.44. The molecular weight excluding hydrogens is 352 g/mol. The second-order valence-electron chi connectivity index (χ2n) is 6.91. The number of morpholine rings is 1. The fourth-order valence-electron chi connectivity index (χ4n) is 3.83. The number of rotatable bonds is 4. The second-order valence-corrected chi connectivity index (χ2v) is 6.91. The third kappa shape index (κ3) is 3.25. The highest BCUT2D eigenvalue weighted by atomic mass is 16.5. The van der Waals surface area contributed by atoms with Crippen LogP contribution in [0.2, 0.25) is 0 Å². The van der Waals surface area contributed by atoms with Gasteiger partial charge in [0.15, 0.2) is 5.82 Å². The number of para-hydroxylation sites is 3. The standard InChI is InChI=1S/C21H22N6O/c1-3-7-18-16(5-1)9-10-27(18)20-15-22-25-21(24-20)23-17-6-2-4-8-19(17)26-11-13-28-14-12-26/h1-8,15H,9-14H2,(H,23,24,25). The van der Waals surface area contributed by atoms with E-state index in [-0.39, 0.29) is 0 Å². The lowest BCUT2D eigenvalue weighted by molar-refractivity contribution is 0.123. The normalized spacial score (nSPS) is 16.1. The van der Waals surface area contributed by atoms with Crippen molar-refractivity contribution in [2.45, 2.75) is 6.42 Å². The van der Waals surface area contributed by atoms with Crippen molar-refractivity contribution in [1.82, 2.24) is 15.2 Å². The Kier molecular flexibility index (Phi) is 4.50. The zero-order valence-corrected chi connectivity index (χ0v) is 15.6. The van der Waals surface area contributed by atoms with E-state index >= 15 is 0 Å². The van der Waals surface area contributed by atoms with Crippen molar-refractivity contribution in [1.29, 1.82) is 0 Å². The van der Waals surface area contributed by atoms with Gasteiger partial charge in [-0.05, 0) is 30.2 Å². The zero-order chi connectivity index (χ0) is 18.8. The molecule has 0 spiro atoms. The number of ether oxygens (including phenoxy) is 1. The Balaban J connectivity index is 1.41. The summed E-state index contributed by atoms with van der Waals surface area (Å²) in [6, 6.07) is 16.7. The molecule has 7 nitrogen and oxygen atoms in total. The third-order valence-electron chi connectivity index (χ3n) is 5.21. The molecule has 7 heteroatoms. The van der Waals surface area contributed by atoms with E-state index in [1.807, 2.05) is 18.2 Å². The molecule has 1 N–H and O–H groups in total. The van der Waals surface area contributed by atoms with Crippen molar-refractivity contribution in [2.75, 3.05) is 48.0 Å². The quantitative estimate of drug-likeness (QED) is 0.752. The fraction of sp³-hybridized carbons (Fsp3) is 0.286. The average molecular weight is 374 g/mol. The Morgan fingerprint density at radius 2 is 1.68 bits per heavy atom. The van der Waals surface area contributed by atoms with Crippen molar-refractivity contribution < 1.29 is 4.74 Å². The summed E-state index contributed by atoms with van der Waals surface area (Å²) in [5, 5.41) is 11.8. The first-order chi connectivity index (χ1) is 13.9. The van der Waals surface area contributed by atoms with Crippen LogP contribution in [0.3, 0.4) is 0 Å². The summed E-state index contributed by atoms with van der Waals surface area (Å²) >= 11 is 0. The molecule has 28 heavy (non-hydrogen) atoms. The van der Waals surface area contributed by atoms with Crippen LogP contribution in [0.15, 0.2) is 54.7 Å². The summed E-state index contributed by atoms with van der Waals surface area (Å²) in [4.78, 5) is 9.25. The van der Waals surface area contributed by atoms with Crippen LogP contribution in [0.1, 0.15) is 5.56 Å². The van der Waals surface area contributed by atoms with Gasteiger partial charge >= 0.3 is 0 Å². The van der Waals surface area contributed by atoms with Gasteiger partial charge in [-0.1, -0.05) is 30.3 Å². The van der Waals surface area contributed by atoms with Gasteiger partial charge in [0.05, 0.1) is 30.8 Å². The van der Waals surface area contributed by atoms with Crippen LogP contribution < -0.4 is 15.1 Å². The van der Waals surface area contributed by atoms with E-state index < -0.39 is 0 Å². The molecule has 0 saturated carbocycles. The van der Waals surface area contributed by atoms with E-state index in [1.54, 1.807) is 6.20 Å². The first-order valence-electron chi connectivity index (χ1n) is 9.62. The summed E-state index contributed by atoms with van der Waals surface area (Å²) in [6.07, 6.45) is 2.74. The number of anilines is 5. The molecular formula is C21H22N6O. The van der Waals surface area contributed by atoms with Gasteiger partial charge in [0.25, 0.3) is 0 Å². The molecule has 0 aliphatic carbocycles. The van der Waals surface area contributed by atoms with Gasteiger partial charge in [0, 0.05) is 25.3 Å². The fourth-order valence-corrected chi connectivity index (χ4v) is 3.83. The molecule has 142 valence electrons. The van der Waals surface area contributed by atoms with Gasteiger partial charge in [-0.3, -0.25) is 0 Å². The minimum absolute atomic E-state index is 0.502. The molecule has 0 unspecified atom stereocenters. The topological polar surface area (TPSA) is 66.4 Å². The molecule has 0 radical (unpaired) electrons. The van der Waals surface area contributed by atoms with E-state index in [0.29, 0.717) is 5.95 Å². The Morgan fingerprint density at radius 1 is 0.893 bits per heavy atom. The SMILES string of the molecule is c1ccc2c(c1)CCN2c1cnnc(Nc2ccccc2N2CCOCC2)n1. The minimum atomic E-state index is 0.502. The number of nitrogens with one attached hydrogen (secondary N) is 1. The Hall–Kier alpha value is -3.19. The van der Waals surface area contributed by atoms with Crippen LogP contribution in [-0.2, 0) is 11.2 Å². The molecule has 2 aliphatic rings. The molecule has 3 aromatic rings. The molecule has 1 saturated heterocycles. The highest BCUT2D eigenvalue weighted by Gasteiger charge is 2.22. The van der Waals surface area contributed by atoms with Gasteiger partial charge in [-0.2, -0.15) is 10.1 Å². The number of aromatic nitrogens is 3. The summed E-state index contributed by atoms with van der Waals surface area (Å²) in [5.41, 5.74) is 4.65. The smallest absolute Gasteiger partial charge is 0.249 e. The van der Waals surface area contributed by atoms with Gasteiger partial charge in [-0.25, -0.2) is 0 Å². The Morgan fingerprint density at radius 3 is 2.57 bits per heavy atom. The summed E-state index contributed by atoms with van der Waals surface area (Å²) in [7, 11) is 0. The summed E-state index contributed by atoms with van der Waals surface area (Å²) in [5.74, 6) is 1.31. The molecule has 0 bridgehead atoms. The van der Waals surface area contributed by atoms with Crippen LogP contribution in [0.5, 0.6) is 0 Å². The predicted molar refractivity (Wildman–Crippen MR) is 110 cm³/mol. The molecule has 1 aromatic heterocycles. The van der Waals surface area contributed by atoms with Gasteiger partial charge in [-0.15, -0.1) is 5.10 Å². The Labute approximate surface area is 164 Å². The molecule has 1 fully saturated rings. The molecule has 5 rings (SSSR count). The number of benzene rings is 2. The van der Waals surface area contributed by atoms with Crippen molar-refractivity contribution in [3.05, 3.63) is 60.3 Å². The van der Waals surface area contributed by atoms with Crippen LogP contribution in [0.4, 0.5) is 28.8 Å². The third-order valence-corrected chi connectivity index (χ3v) is 5.21. The lowest BCUT2D eigenvalue weighted by atomic mass is 10.2. The molecule has 2 aliphatic heterocycles. The van der Waals surface area contributed by atoms with Crippen LogP contribution >= 0.6 is 0 Å². The lowest BCUT2D eigenvalue weighted by Crippen LogP contribution is -2.36. The average Bonchev–Trinajstić information content (AvgIpc) is 3.19. The zero-order valence-electron chi connectivity index (χ0n) is 15.6. The molecule has 0 atom stereocenters. The van der Waals surface area contributed by atoms with E-state index in [4.69, 9.17) is 9.72 Å². The largest absolute Gasteiger partial charge is 0.378 e. The van der Waals surface area contributed by atoms with Crippen LogP contribution in [0, 0.1) is 0 Å². The number of nitrogens with zero attached hydrogens (tertiary/aromatic N) is 5. The maximum absolute atomic E-state index is 5.48. The van der Waals surface area contributed by atoms with E-state index in [2.05, 4.69) is 55.6 Å². The number of fused-ring (bicyclic) bond motifs is 1. The van der Waals surface area contributed by atoms with E-state index in [1.165, 1.54) is 11.3 Å². The van der Waals surface area contributed by atoms with Crippen molar-refractivity contribution in [3.8, 4) is 0 Å². The molecule has 0 amide bonds. The van der Waals surface area contributed by atoms with Gasteiger partial charge < -0.3 is 19.9 Å². The highest BCUT2D eigenvalue weighted by Crippen LogP contribution is 2.33. The monoisotopic (exact) mass is 374 g/mol. The van der Waals surface area contributed by atoms with Crippen LogP contribution in [-0.4, -0.2) is 48.0 Å². The molecule has 2 aromatic carbocycles. The summed E-state index contributed by atoms with van der Waals surface area (Å²) < 4.78 is 5.48. The summed E-state index contributed by atoms with van der Waals surface area (Å²) in [6.45, 7) is 4.15. The van der Waals surface area contributed by atoms with E-state index in [0.717, 1.165) is 56.5 Å². The maximum atomic E-state index is 5.48. The number of hydrogen-bond donors (Lipinski definition) is 1. The van der Waals surface area contributed by atoms with Crippen molar-refractivity contribution in [3.63, 3.8) is 0 Å². The van der Waals surface area contributed by atoms with Crippen molar-refractivity contribution in [2.24, 2.45) is 0 Å². The van der Waals surface area contributed by atoms with Gasteiger partial charge in [0.1, 0.15) is 0 Å². The Bertz CT molecular complexity index is 972. The molecule has 3 heterocycles. The maximum Gasteiger partial charge on any atom is 0.249 e.